The summed E-state index contributed by atoms with van der Waals surface area (Å²) in [6, 6.07) is -0.886. The van der Waals surface area contributed by atoms with Crippen LogP contribution < -0.4 is 5.32 Å². The normalized spacial score (nSPS) is 27.9. The van der Waals surface area contributed by atoms with E-state index in [-0.39, 0.29) is 18.9 Å². The second-order valence-electron chi connectivity index (χ2n) is 26.8. The lowest BCUT2D eigenvalue weighted by Gasteiger charge is -2.48. The van der Waals surface area contributed by atoms with Crippen molar-refractivity contribution in [2.75, 3.05) is 26.4 Å². The van der Waals surface area contributed by atoms with Crippen LogP contribution in [-0.4, -0.2) is 193 Å². The largest absolute Gasteiger partial charge is 0.394 e. The Balaban J connectivity index is 1.34. The number of hydrogen-bond donors (Lipinski definition) is 12. The van der Waals surface area contributed by atoms with Crippen LogP contribution in [0.25, 0.3) is 0 Å². The maximum atomic E-state index is 13.4. The molecule has 3 aliphatic rings. The number of hydrogen-bond acceptors (Lipinski definition) is 18. The van der Waals surface area contributed by atoms with E-state index in [1.54, 1.807) is 0 Å². The van der Waals surface area contributed by atoms with Crippen LogP contribution >= 0.6 is 0 Å². The summed E-state index contributed by atoms with van der Waals surface area (Å²) in [5.74, 6) is -0.240. The van der Waals surface area contributed by atoms with Crippen LogP contribution in [0, 0.1) is 0 Å². The standard InChI is InChI=1S/C73H135NO18/c1-3-5-7-9-11-13-15-17-19-20-21-22-23-24-25-26-27-28-29-30-31-32-33-34-35-36-37-39-41-43-45-47-49-51-61(79)74-56(57(78)50-48-46-44-42-40-38-18-16-14-12-10-8-6-4-2)55-87-71-67(85)64(82)69(59(53-76)89-71)92-73-68(86)65(83)70(60(54-77)90-73)91-72-66(84)63(81)62(80)58(52-75)88-72/h15,17,20-21,23-24,56-60,62-73,75-78,80-86H,3-14,16,18-19,22,25-55H2,1-2H3,(H,74,79)/b17-15-,21-20-,24-23-. The second-order valence-corrected chi connectivity index (χ2v) is 26.8. The summed E-state index contributed by atoms with van der Waals surface area (Å²) >= 11 is 0. The molecular weight excluding hydrogens is 1180 g/mol. The number of aliphatic hydroxyl groups excluding tert-OH is 11. The Bertz CT molecular complexity index is 1810. The van der Waals surface area contributed by atoms with Crippen LogP contribution in [0.5, 0.6) is 0 Å². The minimum Gasteiger partial charge on any atom is -0.394 e. The molecule has 12 N–H and O–H groups in total. The number of rotatable bonds is 58. The van der Waals surface area contributed by atoms with E-state index in [4.69, 9.17) is 28.4 Å². The van der Waals surface area contributed by atoms with Gasteiger partial charge in [0.25, 0.3) is 0 Å². The highest BCUT2D eigenvalue weighted by Gasteiger charge is 2.53. The first-order chi connectivity index (χ1) is 44.8. The zero-order valence-corrected chi connectivity index (χ0v) is 57.3. The van der Waals surface area contributed by atoms with Crippen LogP contribution in [0.15, 0.2) is 36.5 Å². The average Bonchev–Trinajstić information content (AvgIpc) is 0.840. The first-order valence-corrected chi connectivity index (χ1v) is 37.2. The summed E-state index contributed by atoms with van der Waals surface area (Å²) < 4.78 is 34.4. The molecule has 3 saturated heterocycles. The Labute approximate surface area is 555 Å². The lowest BCUT2D eigenvalue weighted by molar-refractivity contribution is -0.379. The van der Waals surface area contributed by atoms with Gasteiger partial charge in [0.1, 0.15) is 73.2 Å². The highest BCUT2D eigenvalue weighted by molar-refractivity contribution is 5.76. The van der Waals surface area contributed by atoms with Crippen LogP contribution in [0.2, 0.25) is 0 Å². The van der Waals surface area contributed by atoms with Crippen LogP contribution in [0.1, 0.15) is 290 Å². The number of allylic oxidation sites excluding steroid dienone is 6. The molecule has 0 aromatic carbocycles. The Morgan fingerprint density at radius 2 is 0.717 bits per heavy atom. The van der Waals surface area contributed by atoms with E-state index in [0.717, 1.165) is 57.8 Å². The van der Waals surface area contributed by atoms with Crippen molar-refractivity contribution >= 4 is 5.91 Å². The monoisotopic (exact) mass is 1310 g/mol. The fraction of sp³-hybridized carbons (Fsp3) is 0.904. The Hall–Kier alpha value is -1.99. The molecule has 0 bridgehead atoms. The van der Waals surface area contributed by atoms with Gasteiger partial charge in [0.2, 0.25) is 5.91 Å². The number of aliphatic hydroxyl groups is 11. The summed E-state index contributed by atoms with van der Waals surface area (Å²) in [4.78, 5) is 13.4. The minimum absolute atomic E-state index is 0.240. The van der Waals surface area contributed by atoms with Crippen molar-refractivity contribution in [2.24, 2.45) is 0 Å². The molecule has 17 atom stereocenters. The predicted octanol–water partition coefficient (Wildman–Crippen LogP) is 10.8. The molecule has 1 amide bonds. The third-order valence-corrected chi connectivity index (χ3v) is 18.7. The molecule has 0 saturated carbocycles. The van der Waals surface area contributed by atoms with E-state index in [9.17, 15) is 61.0 Å². The summed E-state index contributed by atoms with van der Waals surface area (Å²) in [6.07, 6.45) is 38.1. The van der Waals surface area contributed by atoms with Gasteiger partial charge in [-0.1, -0.05) is 269 Å². The van der Waals surface area contributed by atoms with Crippen molar-refractivity contribution < 1.29 is 89.4 Å². The van der Waals surface area contributed by atoms with E-state index < -0.39 is 124 Å². The van der Waals surface area contributed by atoms with E-state index in [1.807, 2.05) is 0 Å². The van der Waals surface area contributed by atoms with Gasteiger partial charge in [0.05, 0.1) is 38.6 Å². The molecule has 0 spiro atoms. The molecule has 0 aromatic heterocycles. The van der Waals surface area contributed by atoms with Crippen LogP contribution in [0.3, 0.4) is 0 Å². The summed E-state index contributed by atoms with van der Waals surface area (Å²) in [5.41, 5.74) is 0. The third kappa shape index (κ3) is 36.0. The first kappa shape index (κ1) is 84.2. The topological polar surface area (TPSA) is 307 Å². The van der Waals surface area contributed by atoms with Crippen LogP contribution in [0.4, 0.5) is 0 Å². The predicted molar refractivity (Wildman–Crippen MR) is 360 cm³/mol. The maximum absolute atomic E-state index is 13.4. The number of carbonyl (C=O) groups is 1. The highest BCUT2D eigenvalue weighted by Crippen LogP contribution is 2.33. The lowest BCUT2D eigenvalue weighted by atomic mass is 9.96. The zero-order valence-electron chi connectivity index (χ0n) is 57.3. The molecule has 0 aliphatic carbocycles. The molecular formula is C73H135NO18. The first-order valence-electron chi connectivity index (χ1n) is 37.2. The fourth-order valence-electron chi connectivity index (χ4n) is 12.7. The van der Waals surface area contributed by atoms with Crippen molar-refractivity contribution in [2.45, 2.75) is 394 Å². The van der Waals surface area contributed by atoms with Gasteiger partial charge < -0.3 is 89.9 Å². The van der Waals surface area contributed by atoms with Gasteiger partial charge in [-0.3, -0.25) is 4.79 Å². The summed E-state index contributed by atoms with van der Waals surface area (Å²) in [6.45, 7) is 1.81. The molecule has 3 aliphatic heterocycles. The van der Waals surface area contributed by atoms with Crippen molar-refractivity contribution in [1.82, 2.24) is 5.32 Å². The third-order valence-electron chi connectivity index (χ3n) is 18.7. The summed E-state index contributed by atoms with van der Waals surface area (Å²) in [5, 5.41) is 121. The molecule has 3 rings (SSSR count). The van der Waals surface area contributed by atoms with Crippen molar-refractivity contribution in [3.63, 3.8) is 0 Å². The van der Waals surface area contributed by atoms with E-state index in [2.05, 4.69) is 55.6 Å². The van der Waals surface area contributed by atoms with Gasteiger partial charge in [0, 0.05) is 6.42 Å². The molecule has 3 fully saturated rings. The highest BCUT2D eigenvalue weighted by atomic mass is 16.8. The summed E-state index contributed by atoms with van der Waals surface area (Å²) in [7, 11) is 0. The number of unbranched alkanes of at least 4 members (excludes halogenated alkanes) is 36. The van der Waals surface area contributed by atoms with E-state index in [0.29, 0.717) is 12.8 Å². The second kappa shape index (κ2) is 55.0. The zero-order chi connectivity index (χ0) is 66.8. The molecule has 19 nitrogen and oxygen atoms in total. The average molecular weight is 1310 g/mol. The molecule has 0 aromatic rings. The van der Waals surface area contributed by atoms with Crippen molar-refractivity contribution in [3.8, 4) is 0 Å². The molecule has 19 heteroatoms. The lowest BCUT2D eigenvalue weighted by Crippen LogP contribution is -2.66. The van der Waals surface area contributed by atoms with Gasteiger partial charge in [-0.2, -0.15) is 0 Å². The number of ether oxygens (including phenoxy) is 6. The molecule has 540 valence electrons. The molecule has 3 heterocycles. The molecule has 17 unspecified atom stereocenters. The SMILES string of the molecule is CCCCCCC/C=C\C/C=C\C/C=C\CCCCCCCCCCCCCCCCCCCCC(=O)NC(COC1OC(CO)C(OC2OC(CO)C(OC3OC(CO)C(O)C(O)C3O)C(O)C2O)C(O)C1O)C(O)CCCCCCCCCCCCCCCC. The number of carbonyl (C=O) groups excluding carboxylic acids is 1. The number of nitrogens with one attached hydrogen (secondary N) is 1. The molecule has 0 radical (unpaired) electrons. The van der Waals surface area contributed by atoms with Gasteiger partial charge in [-0.05, 0) is 51.4 Å². The van der Waals surface area contributed by atoms with Gasteiger partial charge in [-0.25, -0.2) is 0 Å². The fourth-order valence-corrected chi connectivity index (χ4v) is 12.7. The van der Waals surface area contributed by atoms with Gasteiger partial charge in [0.15, 0.2) is 18.9 Å². The Kier molecular flexibility index (Phi) is 50.3. The molecule has 92 heavy (non-hydrogen) atoms. The van der Waals surface area contributed by atoms with Crippen LogP contribution in [-0.2, 0) is 33.2 Å². The van der Waals surface area contributed by atoms with E-state index >= 15 is 0 Å². The quantitative estimate of drug-likeness (QED) is 0.0199. The Morgan fingerprint density at radius 3 is 1.12 bits per heavy atom. The van der Waals surface area contributed by atoms with Gasteiger partial charge >= 0.3 is 0 Å². The number of amides is 1. The van der Waals surface area contributed by atoms with Gasteiger partial charge in [-0.15, -0.1) is 0 Å². The smallest absolute Gasteiger partial charge is 0.220 e. The maximum Gasteiger partial charge on any atom is 0.220 e. The Morgan fingerprint density at radius 1 is 0.391 bits per heavy atom. The minimum atomic E-state index is -1.97. The van der Waals surface area contributed by atoms with Crippen molar-refractivity contribution in [3.05, 3.63) is 36.5 Å². The van der Waals surface area contributed by atoms with Crippen molar-refractivity contribution in [1.29, 1.82) is 0 Å². The van der Waals surface area contributed by atoms with E-state index in [1.165, 1.54) is 199 Å².